The Labute approximate surface area is 147 Å². The number of hydrogen-bond donors (Lipinski definition) is 2. The van der Waals surface area contributed by atoms with Crippen molar-refractivity contribution in [1.82, 2.24) is 9.97 Å². The third-order valence-corrected chi connectivity index (χ3v) is 4.45. The molecular formula is C16H18BrN3O2S. The highest BCUT2D eigenvalue weighted by Crippen LogP contribution is 2.20. The molecule has 0 saturated carbocycles. The molecule has 5 nitrogen and oxygen atoms in total. The summed E-state index contributed by atoms with van der Waals surface area (Å²) in [6.07, 6.45) is 1.67. The van der Waals surface area contributed by atoms with Gasteiger partial charge in [-0.25, -0.2) is 4.98 Å². The second kappa shape index (κ2) is 8.31. The Bertz CT molecular complexity index is 761. The number of nitrogens with one attached hydrogen (secondary N) is 2. The second-order valence-electron chi connectivity index (χ2n) is 5.09. The first-order valence-electron chi connectivity index (χ1n) is 7.27. The number of thioether (sulfide) groups is 1. The summed E-state index contributed by atoms with van der Waals surface area (Å²) in [5.41, 5.74) is 2.33. The lowest BCUT2D eigenvalue weighted by Crippen LogP contribution is -2.16. The van der Waals surface area contributed by atoms with Crippen molar-refractivity contribution in [2.75, 3.05) is 11.1 Å². The molecule has 0 bridgehead atoms. The van der Waals surface area contributed by atoms with Crippen LogP contribution in [0.3, 0.4) is 0 Å². The number of benzene rings is 1. The normalized spacial score (nSPS) is 10.6. The van der Waals surface area contributed by atoms with Gasteiger partial charge in [-0.15, -0.1) is 0 Å². The summed E-state index contributed by atoms with van der Waals surface area (Å²) in [7, 11) is 0. The third kappa shape index (κ3) is 5.51. The largest absolute Gasteiger partial charge is 0.325 e. The molecule has 0 fully saturated rings. The molecule has 23 heavy (non-hydrogen) atoms. The Hall–Kier alpha value is -1.60. The van der Waals surface area contributed by atoms with Crippen LogP contribution in [0.25, 0.3) is 0 Å². The van der Waals surface area contributed by atoms with Crippen molar-refractivity contribution in [3.05, 3.63) is 50.3 Å². The maximum absolute atomic E-state index is 12.1. The number of halogens is 1. The van der Waals surface area contributed by atoms with E-state index in [1.807, 2.05) is 32.0 Å². The minimum Gasteiger partial charge on any atom is -0.325 e. The molecule has 0 saturated heterocycles. The molecule has 1 amide bonds. The SMILES string of the molecule is CCCc1cc(=O)[nH]c(SCC(=O)Nc2ccc(Br)cc2C)n1. The van der Waals surface area contributed by atoms with Crippen LogP contribution >= 0.6 is 27.7 Å². The summed E-state index contributed by atoms with van der Waals surface area (Å²) >= 11 is 4.61. The fraction of sp³-hybridized carbons (Fsp3) is 0.312. The molecule has 0 aliphatic carbocycles. The van der Waals surface area contributed by atoms with E-state index in [1.165, 1.54) is 17.8 Å². The molecule has 1 aromatic carbocycles. The van der Waals surface area contributed by atoms with Gasteiger partial charge in [-0.3, -0.25) is 9.59 Å². The Morgan fingerprint density at radius 1 is 1.39 bits per heavy atom. The van der Waals surface area contributed by atoms with Gasteiger partial charge in [0.15, 0.2) is 5.16 Å². The van der Waals surface area contributed by atoms with Crippen molar-refractivity contribution in [3.63, 3.8) is 0 Å². The van der Waals surface area contributed by atoms with E-state index in [9.17, 15) is 9.59 Å². The lowest BCUT2D eigenvalue weighted by atomic mass is 10.2. The van der Waals surface area contributed by atoms with Crippen LogP contribution in [0.2, 0.25) is 0 Å². The zero-order valence-corrected chi connectivity index (χ0v) is 15.4. The van der Waals surface area contributed by atoms with Gasteiger partial charge in [0.05, 0.1) is 5.75 Å². The van der Waals surface area contributed by atoms with Crippen LogP contribution in [-0.4, -0.2) is 21.6 Å². The Morgan fingerprint density at radius 2 is 2.17 bits per heavy atom. The molecule has 1 heterocycles. The Balaban J connectivity index is 1.97. The predicted molar refractivity (Wildman–Crippen MR) is 97.1 cm³/mol. The highest BCUT2D eigenvalue weighted by Gasteiger charge is 2.08. The third-order valence-electron chi connectivity index (χ3n) is 3.08. The van der Waals surface area contributed by atoms with Gasteiger partial charge in [0, 0.05) is 21.9 Å². The average Bonchev–Trinajstić information content (AvgIpc) is 2.48. The summed E-state index contributed by atoms with van der Waals surface area (Å²) in [4.78, 5) is 30.6. The van der Waals surface area contributed by atoms with Crippen LogP contribution in [0.1, 0.15) is 24.6 Å². The predicted octanol–water partition coefficient (Wildman–Crippen LogP) is 3.52. The molecule has 0 atom stereocenters. The Morgan fingerprint density at radius 3 is 2.87 bits per heavy atom. The monoisotopic (exact) mass is 395 g/mol. The topological polar surface area (TPSA) is 74.8 Å². The van der Waals surface area contributed by atoms with Crippen LogP contribution in [0.15, 0.2) is 38.7 Å². The summed E-state index contributed by atoms with van der Waals surface area (Å²) in [5.74, 6) is 0.0533. The standard InChI is InChI=1S/C16H18BrN3O2S/c1-3-4-12-8-14(21)20-16(18-12)23-9-15(22)19-13-6-5-11(17)7-10(13)2/h5-8H,3-4,9H2,1-2H3,(H,19,22)(H,18,20,21). The van der Waals surface area contributed by atoms with E-state index in [2.05, 4.69) is 31.2 Å². The van der Waals surface area contributed by atoms with Gasteiger partial charge < -0.3 is 10.3 Å². The Kier molecular flexibility index (Phi) is 6.41. The summed E-state index contributed by atoms with van der Waals surface area (Å²) in [5, 5.41) is 3.34. The maximum atomic E-state index is 12.1. The van der Waals surface area contributed by atoms with Gasteiger partial charge in [0.1, 0.15) is 0 Å². The molecule has 1 aromatic heterocycles. The number of carbonyl (C=O) groups excluding carboxylic acids is 1. The number of aryl methyl sites for hydroxylation is 2. The minimum absolute atomic E-state index is 0.135. The van der Waals surface area contributed by atoms with Gasteiger partial charge >= 0.3 is 0 Å². The van der Waals surface area contributed by atoms with Crippen molar-refractivity contribution in [2.24, 2.45) is 0 Å². The molecule has 0 aliphatic rings. The zero-order chi connectivity index (χ0) is 16.8. The summed E-state index contributed by atoms with van der Waals surface area (Å²) in [6.45, 7) is 3.96. The van der Waals surface area contributed by atoms with E-state index in [0.29, 0.717) is 5.16 Å². The molecule has 7 heteroatoms. The number of hydrogen-bond acceptors (Lipinski definition) is 4. The zero-order valence-electron chi connectivity index (χ0n) is 13.0. The van der Waals surface area contributed by atoms with E-state index in [1.54, 1.807) is 0 Å². The van der Waals surface area contributed by atoms with E-state index in [0.717, 1.165) is 34.3 Å². The van der Waals surface area contributed by atoms with Gasteiger partial charge in [-0.2, -0.15) is 0 Å². The number of anilines is 1. The number of H-pyrrole nitrogens is 1. The average molecular weight is 396 g/mol. The highest BCUT2D eigenvalue weighted by atomic mass is 79.9. The maximum Gasteiger partial charge on any atom is 0.251 e. The molecule has 2 N–H and O–H groups in total. The smallest absolute Gasteiger partial charge is 0.251 e. The van der Waals surface area contributed by atoms with Gasteiger partial charge in [0.25, 0.3) is 5.56 Å². The number of carbonyl (C=O) groups is 1. The van der Waals surface area contributed by atoms with Gasteiger partial charge in [0.2, 0.25) is 5.91 Å². The van der Waals surface area contributed by atoms with Crippen molar-refractivity contribution < 1.29 is 4.79 Å². The minimum atomic E-state index is -0.185. The van der Waals surface area contributed by atoms with Crippen LogP contribution < -0.4 is 10.9 Å². The number of amides is 1. The number of nitrogens with zero attached hydrogens (tertiary/aromatic N) is 1. The molecule has 0 unspecified atom stereocenters. The van der Waals surface area contributed by atoms with Gasteiger partial charge in [-0.1, -0.05) is 41.0 Å². The molecule has 0 radical (unpaired) electrons. The van der Waals surface area contributed by atoms with Crippen molar-refractivity contribution in [3.8, 4) is 0 Å². The fourth-order valence-corrected chi connectivity index (χ4v) is 3.19. The highest BCUT2D eigenvalue weighted by molar-refractivity contribution is 9.10. The van der Waals surface area contributed by atoms with Crippen molar-refractivity contribution in [1.29, 1.82) is 0 Å². The first-order valence-corrected chi connectivity index (χ1v) is 9.05. The van der Waals surface area contributed by atoms with E-state index in [4.69, 9.17) is 0 Å². The van der Waals surface area contributed by atoms with Crippen LogP contribution in [0.4, 0.5) is 5.69 Å². The first-order chi connectivity index (χ1) is 11.0. The van der Waals surface area contributed by atoms with Crippen LogP contribution in [0, 0.1) is 6.92 Å². The molecule has 2 aromatic rings. The number of aromatic amines is 1. The summed E-state index contributed by atoms with van der Waals surface area (Å²) in [6, 6.07) is 7.17. The van der Waals surface area contributed by atoms with Gasteiger partial charge in [-0.05, 0) is 37.1 Å². The lowest BCUT2D eigenvalue weighted by Gasteiger charge is -2.08. The van der Waals surface area contributed by atoms with Crippen molar-refractivity contribution >= 4 is 39.3 Å². The van der Waals surface area contributed by atoms with Crippen LogP contribution in [0.5, 0.6) is 0 Å². The molecule has 122 valence electrons. The van der Waals surface area contributed by atoms with E-state index in [-0.39, 0.29) is 17.2 Å². The van der Waals surface area contributed by atoms with Crippen LogP contribution in [-0.2, 0) is 11.2 Å². The summed E-state index contributed by atoms with van der Waals surface area (Å²) < 4.78 is 0.969. The molecule has 0 aliphatic heterocycles. The number of aromatic nitrogens is 2. The molecule has 2 rings (SSSR count). The van der Waals surface area contributed by atoms with Crippen molar-refractivity contribution in [2.45, 2.75) is 31.8 Å². The molecule has 0 spiro atoms. The first kappa shape index (κ1) is 17.7. The lowest BCUT2D eigenvalue weighted by molar-refractivity contribution is -0.113. The number of rotatable bonds is 6. The second-order valence-corrected chi connectivity index (χ2v) is 6.97. The quantitative estimate of drug-likeness (QED) is 0.579. The fourth-order valence-electron chi connectivity index (χ4n) is 2.02. The van der Waals surface area contributed by atoms with E-state index >= 15 is 0 Å². The molecular weight excluding hydrogens is 378 g/mol. The van der Waals surface area contributed by atoms with E-state index < -0.39 is 0 Å².